The second kappa shape index (κ2) is 5.82. The molecule has 0 unspecified atom stereocenters. The fourth-order valence-corrected chi connectivity index (χ4v) is 2.90. The van der Waals surface area contributed by atoms with Gasteiger partial charge in [-0.25, -0.2) is 4.98 Å². The molecule has 1 aromatic heterocycles. The van der Waals surface area contributed by atoms with Gasteiger partial charge in [-0.05, 0) is 13.0 Å². The van der Waals surface area contributed by atoms with E-state index in [1.165, 1.54) is 39.1 Å². The van der Waals surface area contributed by atoms with Crippen LogP contribution in [0.3, 0.4) is 0 Å². The van der Waals surface area contributed by atoms with Gasteiger partial charge < -0.3 is 14.8 Å². The number of nitrogens with zero attached hydrogens (tertiary/aromatic N) is 4. The highest BCUT2D eigenvalue weighted by Crippen LogP contribution is 2.15. The molecule has 0 radical (unpaired) electrons. The molecule has 18 heavy (non-hydrogen) atoms. The fourth-order valence-electron chi connectivity index (χ4n) is 2.90. The lowest BCUT2D eigenvalue weighted by atomic mass is 10.1. The monoisotopic (exact) mass is 249 g/mol. The quantitative estimate of drug-likeness (QED) is 0.788. The average Bonchev–Trinajstić information content (AvgIpc) is 2.86. The number of aromatic nitrogens is 2. The van der Waals surface area contributed by atoms with Gasteiger partial charge in [0.25, 0.3) is 0 Å². The molecule has 0 saturated carbocycles. The summed E-state index contributed by atoms with van der Waals surface area (Å²) in [5.41, 5.74) is 0. The number of hydrogen-bond donors (Lipinski definition) is 1. The van der Waals surface area contributed by atoms with Crippen LogP contribution in [0.1, 0.15) is 6.42 Å². The Kier molecular flexibility index (Phi) is 3.93. The predicted octanol–water partition coefficient (Wildman–Crippen LogP) is -0.137. The first-order valence-electron chi connectivity index (χ1n) is 7.05. The summed E-state index contributed by atoms with van der Waals surface area (Å²) in [6, 6.07) is 0.820. The van der Waals surface area contributed by atoms with Gasteiger partial charge in [0.2, 0.25) is 0 Å². The Morgan fingerprint density at radius 3 is 2.72 bits per heavy atom. The van der Waals surface area contributed by atoms with E-state index in [0.717, 1.165) is 25.7 Å². The molecule has 5 heteroatoms. The molecule has 3 heterocycles. The van der Waals surface area contributed by atoms with E-state index in [2.05, 4.69) is 24.7 Å². The maximum Gasteiger partial charge on any atom is 0.0945 e. The van der Waals surface area contributed by atoms with Crippen LogP contribution in [0.5, 0.6) is 0 Å². The molecule has 1 aromatic rings. The third kappa shape index (κ3) is 2.91. The molecule has 5 nitrogen and oxygen atoms in total. The Labute approximate surface area is 109 Å². The summed E-state index contributed by atoms with van der Waals surface area (Å²) in [7, 11) is 0. The Bertz CT molecular complexity index is 338. The number of piperazine rings is 1. The molecule has 0 atom stereocenters. The molecular weight excluding hydrogens is 226 g/mol. The molecular formula is C13H23N5. The van der Waals surface area contributed by atoms with E-state index >= 15 is 0 Å². The van der Waals surface area contributed by atoms with E-state index in [-0.39, 0.29) is 0 Å². The van der Waals surface area contributed by atoms with Crippen molar-refractivity contribution >= 4 is 0 Å². The zero-order valence-electron chi connectivity index (χ0n) is 11.0. The van der Waals surface area contributed by atoms with Crippen LogP contribution in [0.2, 0.25) is 0 Å². The maximum absolute atomic E-state index is 4.06. The van der Waals surface area contributed by atoms with Gasteiger partial charge in [0, 0.05) is 64.2 Å². The lowest BCUT2D eigenvalue weighted by Gasteiger charge is -2.47. The number of hydrogen-bond acceptors (Lipinski definition) is 4. The molecule has 3 rings (SSSR count). The third-order valence-corrected chi connectivity index (χ3v) is 4.06. The Hall–Kier alpha value is -0.910. The van der Waals surface area contributed by atoms with Crippen LogP contribution in [-0.2, 0) is 6.54 Å². The van der Waals surface area contributed by atoms with Gasteiger partial charge >= 0.3 is 0 Å². The predicted molar refractivity (Wildman–Crippen MR) is 71.5 cm³/mol. The molecule has 0 amide bonds. The summed E-state index contributed by atoms with van der Waals surface area (Å²) in [5, 5.41) is 3.41. The largest absolute Gasteiger partial charge is 0.337 e. The molecule has 2 saturated heterocycles. The highest BCUT2D eigenvalue weighted by molar-refractivity contribution is 4.89. The molecule has 2 aliphatic rings. The first-order chi connectivity index (χ1) is 8.92. The van der Waals surface area contributed by atoms with E-state index in [0.29, 0.717) is 0 Å². The minimum Gasteiger partial charge on any atom is -0.337 e. The average molecular weight is 249 g/mol. The van der Waals surface area contributed by atoms with Gasteiger partial charge in [-0.1, -0.05) is 0 Å². The fraction of sp³-hybridized carbons (Fsp3) is 0.769. The minimum absolute atomic E-state index is 0.820. The van der Waals surface area contributed by atoms with Gasteiger partial charge in [0.1, 0.15) is 0 Å². The normalized spacial score (nSPS) is 23.1. The number of imidazole rings is 1. The van der Waals surface area contributed by atoms with Crippen LogP contribution in [0.15, 0.2) is 18.7 Å². The van der Waals surface area contributed by atoms with E-state index in [4.69, 9.17) is 0 Å². The highest BCUT2D eigenvalue weighted by Gasteiger charge is 2.31. The molecule has 2 aliphatic heterocycles. The minimum atomic E-state index is 0.820. The van der Waals surface area contributed by atoms with Gasteiger partial charge in [-0.2, -0.15) is 0 Å². The molecule has 0 aromatic carbocycles. The van der Waals surface area contributed by atoms with Crippen LogP contribution in [0.25, 0.3) is 0 Å². The highest BCUT2D eigenvalue weighted by atomic mass is 15.3. The molecule has 2 fully saturated rings. The van der Waals surface area contributed by atoms with Gasteiger partial charge in [0.15, 0.2) is 0 Å². The SMILES string of the molecule is c1cn(CCCN2CC(N3CCNCC3)C2)cn1. The number of rotatable bonds is 5. The molecule has 0 aliphatic carbocycles. The summed E-state index contributed by atoms with van der Waals surface area (Å²) in [6.07, 6.45) is 7.02. The summed E-state index contributed by atoms with van der Waals surface area (Å²) >= 11 is 0. The number of aryl methyl sites for hydroxylation is 1. The number of nitrogens with one attached hydrogen (secondary N) is 1. The molecule has 1 N–H and O–H groups in total. The lowest BCUT2D eigenvalue weighted by molar-refractivity contribution is 0.0262. The van der Waals surface area contributed by atoms with Crippen LogP contribution in [0, 0.1) is 0 Å². The van der Waals surface area contributed by atoms with E-state index in [9.17, 15) is 0 Å². The summed E-state index contributed by atoms with van der Waals surface area (Å²) < 4.78 is 2.16. The smallest absolute Gasteiger partial charge is 0.0945 e. The lowest BCUT2D eigenvalue weighted by Crippen LogP contribution is -2.62. The van der Waals surface area contributed by atoms with E-state index in [1.807, 2.05) is 18.7 Å². The standard InChI is InChI=1S/C13H23N5/c1(5-16-7-2-15-12-16)6-17-10-13(11-17)18-8-3-14-4-9-18/h2,7,12-14H,1,3-6,8-11H2. The van der Waals surface area contributed by atoms with Crippen molar-refractivity contribution in [3.63, 3.8) is 0 Å². The maximum atomic E-state index is 4.06. The van der Waals surface area contributed by atoms with Gasteiger partial charge in [-0.15, -0.1) is 0 Å². The van der Waals surface area contributed by atoms with Gasteiger partial charge in [0.05, 0.1) is 6.33 Å². The zero-order chi connectivity index (χ0) is 12.2. The Morgan fingerprint density at radius 1 is 1.17 bits per heavy atom. The molecule has 0 bridgehead atoms. The Balaban J connectivity index is 1.30. The first-order valence-corrected chi connectivity index (χ1v) is 7.05. The second-order valence-electron chi connectivity index (χ2n) is 5.35. The van der Waals surface area contributed by atoms with Crippen molar-refractivity contribution in [1.82, 2.24) is 24.7 Å². The van der Waals surface area contributed by atoms with Crippen LogP contribution < -0.4 is 5.32 Å². The van der Waals surface area contributed by atoms with Gasteiger partial charge in [-0.3, -0.25) is 4.90 Å². The first kappa shape index (κ1) is 12.1. The van der Waals surface area contributed by atoms with Crippen LogP contribution in [0.4, 0.5) is 0 Å². The van der Waals surface area contributed by atoms with Crippen molar-refractivity contribution in [2.75, 3.05) is 45.8 Å². The topological polar surface area (TPSA) is 36.3 Å². The second-order valence-corrected chi connectivity index (χ2v) is 5.35. The number of likely N-dealkylation sites (tertiary alicyclic amines) is 1. The van der Waals surface area contributed by atoms with Crippen molar-refractivity contribution in [2.24, 2.45) is 0 Å². The van der Waals surface area contributed by atoms with Crippen molar-refractivity contribution in [3.8, 4) is 0 Å². The van der Waals surface area contributed by atoms with Crippen molar-refractivity contribution in [1.29, 1.82) is 0 Å². The van der Waals surface area contributed by atoms with E-state index in [1.54, 1.807) is 0 Å². The van der Waals surface area contributed by atoms with Crippen molar-refractivity contribution < 1.29 is 0 Å². The van der Waals surface area contributed by atoms with Crippen LogP contribution >= 0.6 is 0 Å². The van der Waals surface area contributed by atoms with E-state index < -0.39 is 0 Å². The molecule has 100 valence electrons. The summed E-state index contributed by atoms with van der Waals surface area (Å²) in [6.45, 7) is 9.64. The Morgan fingerprint density at radius 2 is 2.00 bits per heavy atom. The zero-order valence-corrected chi connectivity index (χ0v) is 11.0. The van der Waals surface area contributed by atoms with Crippen molar-refractivity contribution in [2.45, 2.75) is 19.0 Å². The summed E-state index contributed by atoms with van der Waals surface area (Å²) in [5.74, 6) is 0. The van der Waals surface area contributed by atoms with Crippen LogP contribution in [-0.4, -0.2) is 71.2 Å². The molecule has 0 spiro atoms. The third-order valence-electron chi connectivity index (χ3n) is 4.06. The summed E-state index contributed by atoms with van der Waals surface area (Å²) in [4.78, 5) is 9.28. The van der Waals surface area contributed by atoms with Crippen molar-refractivity contribution in [3.05, 3.63) is 18.7 Å².